The van der Waals surface area contributed by atoms with Crippen LogP contribution in [0, 0.1) is 0 Å². The van der Waals surface area contributed by atoms with E-state index in [2.05, 4.69) is 0 Å². The summed E-state index contributed by atoms with van der Waals surface area (Å²) in [7, 11) is 3.92. The normalized spacial score (nSPS) is 15.6. The summed E-state index contributed by atoms with van der Waals surface area (Å²) in [5.41, 5.74) is 1.72. The van der Waals surface area contributed by atoms with Gasteiger partial charge in [-0.3, -0.25) is 9.59 Å². The summed E-state index contributed by atoms with van der Waals surface area (Å²) in [5.74, 6) is 0.128. The molecule has 1 aromatic rings. The Hall–Kier alpha value is -2.04. The van der Waals surface area contributed by atoms with E-state index in [0.29, 0.717) is 25.2 Å². The maximum Gasteiger partial charge on any atom is 0.253 e. The van der Waals surface area contributed by atoms with E-state index < -0.39 is 0 Å². The number of carbonyl (C=O) groups is 2. The van der Waals surface area contributed by atoms with E-state index in [0.717, 1.165) is 18.7 Å². The molecule has 1 aromatic carbocycles. The maximum atomic E-state index is 12.6. The molecule has 0 unspecified atom stereocenters. The Morgan fingerprint density at radius 2 is 1.71 bits per heavy atom. The first-order valence-electron chi connectivity index (χ1n) is 7.31. The molecule has 0 N–H and O–H groups in total. The van der Waals surface area contributed by atoms with E-state index >= 15 is 0 Å². The van der Waals surface area contributed by atoms with Crippen LogP contribution in [0.3, 0.4) is 0 Å². The van der Waals surface area contributed by atoms with Crippen molar-refractivity contribution in [3.8, 4) is 0 Å². The molecule has 1 saturated heterocycles. The van der Waals surface area contributed by atoms with Crippen molar-refractivity contribution in [1.82, 2.24) is 9.80 Å². The highest BCUT2D eigenvalue weighted by Crippen LogP contribution is 2.16. The van der Waals surface area contributed by atoms with Gasteiger partial charge in [-0.25, -0.2) is 0 Å². The lowest BCUT2D eigenvalue weighted by Gasteiger charge is -2.22. The van der Waals surface area contributed by atoms with Crippen molar-refractivity contribution >= 4 is 17.5 Å². The van der Waals surface area contributed by atoms with Gasteiger partial charge in [-0.1, -0.05) is 6.07 Å². The molecule has 1 aliphatic rings. The Labute approximate surface area is 126 Å². The Morgan fingerprint density at radius 3 is 2.38 bits per heavy atom. The lowest BCUT2D eigenvalue weighted by molar-refractivity contribution is -0.128. The number of hydrogen-bond acceptors (Lipinski definition) is 3. The molecule has 2 rings (SSSR count). The number of rotatable bonds is 2. The minimum atomic E-state index is 0.0455. The molecule has 1 heterocycles. The zero-order valence-electron chi connectivity index (χ0n) is 13.0. The van der Waals surface area contributed by atoms with Crippen molar-refractivity contribution < 1.29 is 9.59 Å². The van der Waals surface area contributed by atoms with Gasteiger partial charge in [0.05, 0.1) is 0 Å². The van der Waals surface area contributed by atoms with Gasteiger partial charge in [0.15, 0.2) is 0 Å². The molecule has 1 fully saturated rings. The summed E-state index contributed by atoms with van der Waals surface area (Å²) in [5, 5.41) is 0. The van der Waals surface area contributed by atoms with Gasteiger partial charge >= 0.3 is 0 Å². The monoisotopic (exact) mass is 289 g/mol. The minimum Gasteiger partial charge on any atom is -0.378 e. The van der Waals surface area contributed by atoms with Gasteiger partial charge in [-0.05, 0) is 24.6 Å². The third-order valence-electron chi connectivity index (χ3n) is 3.84. The van der Waals surface area contributed by atoms with Crippen LogP contribution in [-0.2, 0) is 4.79 Å². The highest BCUT2D eigenvalue weighted by Gasteiger charge is 2.21. The molecular formula is C16H23N3O2. The highest BCUT2D eigenvalue weighted by molar-refractivity contribution is 5.95. The maximum absolute atomic E-state index is 12.6. The van der Waals surface area contributed by atoms with Crippen molar-refractivity contribution in [3.63, 3.8) is 0 Å². The van der Waals surface area contributed by atoms with E-state index in [-0.39, 0.29) is 11.8 Å². The van der Waals surface area contributed by atoms with Crippen LogP contribution >= 0.6 is 0 Å². The fraction of sp³-hybridized carbons (Fsp3) is 0.500. The van der Waals surface area contributed by atoms with Crippen LogP contribution in [0.4, 0.5) is 5.69 Å². The van der Waals surface area contributed by atoms with Crippen LogP contribution in [-0.4, -0.2) is 61.9 Å². The lowest BCUT2D eigenvalue weighted by atomic mass is 10.1. The van der Waals surface area contributed by atoms with Crippen LogP contribution < -0.4 is 4.90 Å². The average Bonchev–Trinajstić information content (AvgIpc) is 2.72. The number of amides is 2. The Morgan fingerprint density at radius 1 is 1.05 bits per heavy atom. The Kier molecular flexibility index (Phi) is 4.83. The zero-order chi connectivity index (χ0) is 15.4. The zero-order valence-corrected chi connectivity index (χ0v) is 13.0. The van der Waals surface area contributed by atoms with Crippen LogP contribution in [0.5, 0.6) is 0 Å². The second kappa shape index (κ2) is 6.61. The summed E-state index contributed by atoms with van der Waals surface area (Å²) in [6, 6.07) is 7.65. The van der Waals surface area contributed by atoms with Gasteiger partial charge < -0.3 is 14.7 Å². The number of anilines is 1. The van der Waals surface area contributed by atoms with Crippen LogP contribution in [0.25, 0.3) is 0 Å². The van der Waals surface area contributed by atoms with Gasteiger partial charge in [0.25, 0.3) is 5.91 Å². The molecule has 0 atom stereocenters. The van der Waals surface area contributed by atoms with E-state index in [4.69, 9.17) is 0 Å². The first-order valence-corrected chi connectivity index (χ1v) is 7.31. The lowest BCUT2D eigenvalue weighted by Crippen LogP contribution is -2.36. The fourth-order valence-electron chi connectivity index (χ4n) is 2.54. The molecule has 1 aliphatic heterocycles. The molecule has 0 bridgehead atoms. The second-order valence-electron chi connectivity index (χ2n) is 5.60. The van der Waals surface area contributed by atoms with Crippen LogP contribution in [0.15, 0.2) is 24.3 Å². The summed E-state index contributed by atoms with van der Waals surface area (Å²) < 4.78 is 0. The smallest absolute Gasteiger partial charge is 0.253 e. The van der Waals surface area contributed by atoms with Gasteiger partial charge in [-0.2, -0.15) is 0 Å². The molecule has 114 valence electrons. The quantitative estimate of drug-likeness (QED) is 0.827. The van der Waals surface area contributed by atoms with Gasteiger partial charge in [0.2, 0.25) is 5.91 Å². The van der Waals surface area contributed by atoms with Crippen molar-refractivity contribution in [1.29, 1.82) is 0 Å². The van der Waals surface area contributed by atoms with Crippen molar-refractivity contribution in [2.24, 2.45) is 0 Å². The molecule has 0 aliphatic carbocycles. The average molecular weight is 289 g/mol. The summed E-state index contributed by atoms with van der Waals surface area (Å²) in [6.07, 6.45) is 0.832. The van der Waals surface area contributed by atoms with Crippen molar-refractivity contribution in [3.05, 3.63) is 29.8 Å². The van der Waals surface area contributed by atoms with Gasteiger partial charge in [0, 0.05) is 58.4 Å². The topological polar surface area (TPSA) is 43.9 Å². The predicted molar refractivity (Wildman–Crippen MR) is 83.5 cm³/mol. The molecule has 5 nitrogen and oxygen atoms in total. The number of carbonyl (C=O) groups excluding carboxylic acids is 2. The summed E-state index contributed by atoms with van der Waals surface area (Å²) >= 11 is 0. The van der Waals surface area contributed by atoms with Crippen LogP contribution in [0.2, 0.25) is 0 Å². The molecule has 0 saturated carbocycles. The Bertz CT molecular complexity index is 528. The van der Waals surface area contributed by atoms with Crippen molar-refractivity contribution in [2.45, 2.75) is 13.3 Å². The van der Waals surface area contributed by atoms with E-state index in [9.17, 15) is 9.59 Å². The van der Waals surface area contributed by atoms with E-state index in [1.807, 2.05) is 53.1 Å². The van der Waals surface area contributed by atoms with E-state index in [1.165, 1.54) is 0 Å². The third-order valence-corrected chi connectivity index (χ3v) is 3.84. The summed E-state index contributed by atoms with van der Waals surface area (Å²) in [4.78, 5) is 29.7. The minimum absolute atomic E-state index is 0.0455. The SMILES string of the molecule is CC(=O)N1CCCN(C(=O)c2cccc(N(C)C)c2)CC1. The molecular weight excluding hydrogens is 266 g/mol. The van der Waals surface area contributed by atoms with Gasteiger partial charge in [-0.15, -0.1) is 0 Å². The molecule has 5 heteroatoms. The third kappa shape index (κ3) is 3.74. The fourth-order valence-corrected chi connectivity index (χ4v) is 2.54. The molecule has 2 amide bonds. The second-order valence-corrected chi connectivity index (χ2v) is 5.60. The standard InChI is InChI=1S/C16H23N3O2/c1-13(20)18-8-5-9-19(11-10-18)16(21)14-6-4-7-15(12-14)17(2)3/h4,6-7,12H,5,8-11H2,1-3H3. The van der Waals surface area contributed by atoms with Crippen LogP contribution in [0.1, 0.15) is 23.7 Å². The van der Waals surface area contributed by atoms with Crippen molar-refractivity contribution in [2.75, 3.05) is 45.2 Å². The molecule has 0 spiro atoms. The largest absolute Gasteiger partial charge is 0.378 e. The molecule has 21 heavy (non-hydrogen) atoms. The Balaban J connectivity index is 2.09. The highest BCUT2D eigenvalue weighted by atomic mass is 16.2. The van der Waals surface area contributed by atoms with Gasteiger partial charge in [0.1, 0.15) is 0 Å². The van der Waals surface area contributed by atoms with E-state index in [1.54, 1.807) is 6.92 Å². The first kappa shape index (κ1) is 15.4. The number of benzene rings is 1. The number of nitrogens with zero attached hydrogens (tertiary/aromatic N) is 3. The number of hydrogen-bond donors (Lipinski definition) is 0. The molecule has 0 aromatic heterocycles. The first-order chi connectivity index (χ1) is 9.99. The molecule has 0 radical (unpaired) electrons. The predicted octanol–water partition coefficient (Wildman–Crippen LogP) is 1.45. The summed E-state index contributed by atoms with van der Waals surface area (Å²) in [6.45, 7) is 4.24.